The maximum absolute atomic E-state index is 12.0. The van der Waals surface area contributed by atoms with Crippen LogP contribution in [0, 0.1) is 0 Å². The lowest BCUT2D eigenvalue weighted by atomic mass is 10.2. The Balaban J connectivity index is 1.68. The minimum atomic E-state index is 0.215. The molecule has 100 valence electrons. The van der Waals surface area contributed by atoms with Crippen LogP contribution in [-0.2, 0) is 4.79 Å². The molecule has 1 saturated heterocycles. The van der Waals surface area contributed by atoms with Crippen LogP contribution in [0.4, 0.5) is 5.00 Å². The van der Waals surface area contributed by atoms with E-state index in [4.69, 9.17) is 0 Å². The number of thiophene rings is 1. The van der Waals surface area contributed by atoms with Crippen molar-refractivity contribution in [3.8, 4) is 0 Å². The number of anilines is 1. The van der Waals surface area contributed by atoms with Gasteiger partial charge >= 0.3 is 0 Å². The number of hydrogen-bond acceptors (Lipinski definition) is 4. The Labute approximate surface area is 113 Å². The van der Waals surface area contributed by atoms with Gasteiger partial charge in [0, 0.05) is 39.6 Å². The molecule has 0 spiro atoms. The van der Waals surface area contributed by atoms with Gasteiger partial charge in [-0.15, -0.1) is 11.3 Å². The molecule has 1 aliphatic heterocycles. The van der Waals surface area contributed by atoms with Crippen LogP contribution in [0.2, 0.25) is 0 Å². The molecule has 4 nitrogen and oxygen atoms in total. The highest BCUT2D eigenvalue weighted by Crippen LogP contribution is 2.20. The number of carbonyl (C=O) groups is 1. The molecule has 0 aliphatic carbocycles. The first-order valence-corrected chi connectivity index (χ1v) is 7.38. The van der Waals surface area contributed by atoms with Gasteiger partial charge in [-0.1, -0.05) is 0 Å². The van der Waals surface area contributed by atoms with Gasteiger partial charge in [-0.3, -0.25) is 4.79 Å². The van der Waals surface area contributed by atoms with Gasteiger partial charge in [0.1, 0.15) is 0 Å². The predicted molar refractivity (Wildman–Crippen MR) is 76.3 cm³/mol. The molecule has 1 aromatic rings. The molecule has 18 heavy (non-hydrogen) atoms. The van der Waals surface area contributed by atoms with Gasteiger partial charge in [-0.25, -0.2) is 0 Å². The number of piperazine rings is 1. The smallest absolute Gasteiger partial charge is 0.227 e. The molecular weight excluding hydrogens is 246 g/mol. The van der Waals surface area contributed by atoms with Gasteiger partial charge in [0.05, 0.1) is 5.00 Å². The molecule has 2 rings (SSSR count). The average Bonchev–Trinajstić information content (AvgIpc) is 2.93. The maximum Gasteiger partial charge on any atom is 0.227 e. The Morgan fingerprint density at radius 1 is 1.50 bits per heavy atom. The van der Waals surface area contributed by atoms with Crippen LogP contribution < -0.4 is 10.2 Å². The summed E-state index contributed by atoms with van der Waals surface area (Å²) in [6.45, 7) is 5.39. The molecule has 0 bridgehead atoms. The highest BCUT2D eigenvalue weighted by molar-refractivity contribution is 7.14. The third-order valence-corrected chi connectivity index (χ3v) is 4.23. The summed E-state index contributed by atoms with van der Waals surface area (Å²) in [5.41, 5.74) is 0. The molecular formula is C13H21N3OS. The van der Waals surface area contributed by atoms with Crippen LogP contribution in [0.1, 0.15) is 12.8 Å². The number of nitrogens with zero attached hydrogens (tertiary/aromatic N) is 2. The van der Waals surface area contributed by atoms with E-state index >= 15 is 0 Å². The summed E-state index contributed by atoms with van der Waals surface area (Å²) >= 11 is 1.61. The summed E-state index contributed by atoms with van der Waals surface area (Å²) in [6.07, 6.45) is 1.59. The SMILES string of the molecule is CN(C(=O)CCCN1CCNCC1)c1cccs1. The van der Waals surface area contributed by atoms with Crippen molar-refractivity contribution in [3.05, 3.63) is 17.5 Å². The summed E-state index contributed by atoms with van der Waals surface area (Å²) in [6, 6.07) is 3.96. The fourth-order valence-electron chi connectivity index (χ4n) is 2.14. The Morgan fingerprint density at radius 2 is 2.28 bits per heavy atom. The monoisotopic (exact) mass is 267 g/mol. The zero-order valence-corrected chi connectivity index (χ0v) is 11.7. The molecule has 5 heteroatoms. The summed E-state index contributed by atoms with van der Waals surface area (Å²) in [5, 5.41) is 6.36. The van der Waals surface area contributed by atoms with E-state index < -0.39 is 0 Å². The molecule has 1 amide bonds. The van der Waals surface area contributed by atoms with Crippen molar-refractivity contribution in [2.75, 3.05) is 44.7 Å². The first kappa shape index (κ1) is 13.5. The number of hydrogen-bond donors (Lipinski definition) is 1. The fourth-order valence-corrected chi connectivity index (χ4v) is 2.85. The van der Waals surface area contributed by atoms with Crippen molar-refractivity contribution in [3.63, 3.8) is 0 Å². The highest BCUT2D eigenvalue weighted by atomic mass is 32.1. The Kier molecular flexibility index (Phi) is 5.16. The van der Waals surface area contributed by atoms with Gasteiger partial charge in [0.2, 0.25) is 5.91 Å². The Morgan fingerprint density at radius 3 is 2.94 bits per heavy atom. The number of amides is 1. The fraction of sp³-hybridized carbons (Fsp3) is 0.615. The van der Waals surface area contributed by atoms with Crippen molar-refractivity contribution < 1.29 is 4.79 Å². The second-order valence-corrected chi connectivity index (χ2v) is 5.53. The number of rotatable bonds is 5. The summed E-state index contributed by atoms with van der Waals surface area (Å²) in [4.78, 5) is 16.2. The van der Waals surface area contributed by atoms with Crippen LogP contribution in [0.3, 0.4) is 0 Å². The molecule has 0 radical (unpaired) electrons. The van der Waals surface area contributed by atoms with Crippen molar-refractivity contribution in [2.24, 2.45) is 0 Å². The van der Waals surface area contributed by atoms with E-state index in [9.17, 15) is 4.79 Å². The van der Waals surface area contributed by atoms with Crippen molar-refractivity contribution in [1.29, 1.82) is 0 Å². The lowest BCUT2D eigenvalue weighted by molar-refractivity contribution is -0.118. The van der Waals surface area contributed by atoms with E-state index in [1.54, 1.807) is 16.2 Å². The van der Waals surface area contributed by atoms with E-state index in [0.29, 0.717) is 6.42 Å². The second kappa shape index (κ2) is 6.87. The summed E-state index contributed by atoms with van der Waals surface area (Å²) in [5.74, 6) is 0.215. The van der Waals surface area contributed by atoms with Gasteiger partial charge in [-0.2, -0.15) is 0 Å². The molecule has 1 N–H and O–H groups in total. The molecule has 0 saturated carbocycles. The topological polar surface area (TPSA) is 35.6 Å². The van der Waals surface area contributed by atoms with E-state index in [1.165, 1.54) is 0 Å². The van der Waals surface area contributed by atoms with Crippen LogP contribution in [0.25, 0.3) is 0 Å². The zero-order valence-electron chi connectivity index (χ0n) is 10.9. The minimum absolute atomic E-state index is 0.215. The first-order valence-electron chi connectivity index (χ1n) is 6.50. The number of nitrogens with one attached hydrogen (secondary N) is 1. The van der Waals surface area contributed by atoms with Crippen LogP contribution in [0.5, 0.6) is 0 Å². The second-order valence-electron chi connectivity index (χ2n) is 4.60. The third kappa shape index (κ3) is 3.80. The van der Waals surface area contributed by atoms with Gasteiger partial charge < -0.3 is 15.1 Å². The predicted octanol–water partition coefficient (Wildman–Crippen LogP) is 1.40. The molecule has 0 unspecified atom stereocenters. The van der Waals surface area contributed by atoms with E-state index in [0.717, 1.165) is 44.1 Å². The lowest BCUT2D eigenvalue weighted by Gasteiger charge is -2.27. The molecule has 2 heterocycles. The van der Waals surface area contributed by atoms with Gasteiger partial charge in [-0.05, 0) is 30.5 Å². The largest absolute Gasteiger partial charge is 0.314 e. The number of carbonyl (C=O) groups excluding carboxylic acids is 1. The Hall–Kier alpha value is -0.910. The van der Waals surface area contributed by atoms with E-state index in [-0.39, 0.29) is 5.91 Å². The first-order chi connectivity index (χ1) is 8.77. The average molecular weight is 267 g/mol. The zero-order chi connectivity index (χ0) is 12.8. The van der Waals surface area contributed by atoms with E-state index in [2.05, 4.69) is 10.2 Å². The lowest BCUT2D eigenvalue weighted by Crippen LogP contribution is -2.43. The van der Waals surface area contributed by atoms with Gasteiger partial charge in [0.25, 0.3) is 0 Å². The summed E-state index contributed by atoms with van der Waals surface area (Å²) < 4.78 is 0. The van der Waals surface area contributed by atoms with E-state index in [1.807, 2.05) is 24.6 Å². The molecule has 0 aromatic carbocycles. The third-order valence-electron chi connectivity index (χ3n) is 3.29. The standard InChI is InChI=1S/C13H21N3OS/c1-15(13-5-3-11-18-13)12(17)4-2-8-16-9-6-14-7-10-16/h3,5,11,14H,2,4,6-10H2,1H3. The van der Waals surface area contributed by atoms with Crippen LogP contribution >= 0.6 is 11.3 Å². The normalized spacial score (nSPS) is 16.7. The molecule has 1 fully saturated rings. The molecule has 1 aromatic heterocycles. The highest BCUT2D eigenvalue weighted by Gasteiger charge is 2.13. The van der Waals surface area contributed by atoms with Crippen LogP contribution in [-0.4, -0.2) is 50.6 Å². The van der Waals surface area contributed by atoms with Crippen molar-refractivity contribution >= 4 is 22.2 Å². The maximum atomic E-state index is 12.0. The quantitative estimate of drug-likeness (QED) is 0.876. The van der Waals surface area contributed by atoms with Crippen molar-refractivity contribution in [1.82, 2.24) is 10.2 Å². The van der Waals surface area contributed by atoms with Crippen LogP contribution in [0.15, 0.2) is 17.5 Å². The van der Waals surface area contributed by atoms with Gasteiger partial charge in [0.15, 0.2) is 0 Å². The Bertz CT molecular complexity index is 360. The summed E-state index contributed by atoms with van der Waals surface area (Å²) in [7, 11) is 1.86. The molecule has 1 aliphatic rings. The minimum Gasteiger partial charge on any atom is -0.314 e. The van der Waals surface area contributed by atoms with Crippen molar-refractivity contribution in [2.45, 2.75) is 12.8 Å². The molecule has 0 atom stereocenters.